The van der Waals surface area contributed by atoms with Gasteiger partial charge in [-0.3, -0.25) is 4.79 Å². The van der Waals surface area contributed by atoms with Crippen molar-refractivity contribution in [3.63, 3.8) is 0 Å². The summed E-state index contributed by atoms with van der Waals surface area (Å²) in [5.41, 5.74) is 0.0762. The molecule has 0 radical (unpaired) electrons. The van der Waals surface area contributed by atoms with Crippen LogP contribution in [0.1, 0.15) is 51.9 Å². The summed E-state index contributed by atoms with van der Waals surface area (Å²) >= 11 is 0. The molecule has 16 heavy (non-hydrogen) atoms. The molecule has 0 spiro atoms. The Hall–Kier alpha value is -0.570. The van der Waals surface area contributed by atoms with Crippen molar-refractivity contribution in [3.8, 4) is 0 Å². The van der Waals surface area contributed by atoms with Crippen LogP contribution in [0.25, 0.3) is 0 Å². The Balaban J connectivity index is 1.85. The van der Waals surface area contributed by atoms with Crippen LogP contribution in [0, 0.1) is 5.92 Å². The van der Waals surface area contributed by atoms with E-state index in [1.807, 2.05) is 0 Å². The molecule has 92 valence electrons. The third kappa shape index (κ3) is 2.97. The highest BCUT2D eigenvalue weighted by molar-refractivity contribution is 5.79. The van der Waals surface area contributed by atoms with E-state index in [9.17, 15) is 4.79 Å². The van der Waals surface area contributed by atoms with E-state index in [1.54, 1.807) is 0 Å². The minimum atomic E-state index is 0.0762. The molecule has 1 saturated carbocycles. The summed E-state index contributed by atoms with van der Waals surface area (Å²) in [4.78, 5) is 12.1. The molecule has 2 aliphatic rings. The first-order chi connectivity index (χ1) is 7.70. The van der Waals surface area contributed by atoms with E-state index >= 15 is 0 Å². The second-order valence-corrected chi connectivity index (χ2v) is 5.65. The first-order valence-electron chi connectivity index (χ1n) is 6.72. The lowest BCUT2D eigenvalue weighted by atomic mass is 9.82. The van der Waals surface area contributed by atoms with Gasteiger partial charge in [-0.2, -0.15) is 0 Å². The molecule has 1 aliphatic carbocycles. The van der Waals surface area contributed by atoms with Crippen LogP contribution in [-0.2, 0) is 4.79 Å². The molecule has 1 atom stereocenters. The van der Waals surface area contributed by atoms with E-state index < -0.39 is 0 Å². The van der Waals surface area contributed by atoms with Crippen molar-refractivity contribution in [2.24, 2.45) is 5.92 Å². The van der Waals surface area contributed by atoms with Crippen molar-refractivity contribution >= 4 is 5.91 Å². The third-order valence-electron chi connectivity index (χ3n) is 4.05. The molecule has 2 rings (SSSR count). The number of carbonyl (C=O) groups is 1. The van der Waals surface area contributed by atoms with E-state index in [4.69, 9.17) is 0 Å². The lowest BCUT2D eigenvalue weighted by molar-refractivity contribution is -0.127. The summed E-state index contributed by atoms with van der Waals surface area (Å²) in [6.45, 7) is 4.14. The van der Waals surface area contributed by atoms with Gasteiger partial charge in [0.05, 0.1) is 5.92 Å². The zero-order valence-electron chi connectivity index (χ0n) is 10.3. The normalized spacial score (nSPS) is 29.7. The van der Waals surface area contributed by atoms with Crippen molar-refractivity contribution in [3.05, 3.63) is 0 Å². The van der Waals surface area contributed by atoms with Gasteiger partial charge in [0, 0.05) is 12.1 Å². The molecule has 2 N–H and O–H groups in total. The average Bonchev–Trinajstić information content (AvgIpc) is 2.30. The minimum absolute atomic E-state index is 0.0762. The standard InChI is InChI=1S/C13H24N2O/c1-13(7-3-2-4-8-13)15-12(16)11-6-5-9-14-10-11/h11,14H,2-10H2,1H3,(H,15,16)/t11-/m0/s1. The minimum Gasteiger partial charge on any atom is -0.351 e. The Morgan fingerprint density at radius 3 is 2.62 bits per heavy atom. The lowest BCUT2D eigenvalue weighted by Crippen LogP contribution is -2.51. The summed E-state index contributed by atoms with van der Waals surface area (Å²) in [5, 5.41) is 6.59. The molecule has 1 amide bonds. The number of nitrogens with one attached hydrogen (secondary N) is 2. The third-order valence-corrected chi connectivity index (χ3v) is 4.05. The maximum atomic E-state index is 12.1. The van der Waals surface area contributed by atoms with Gasteiger partial charge >= 0.3 is 0 Å². The van der Waals surface area contributed by atoms with Gasteiger partial charge in [-0.1, -0.05) is 19.3 Å². The van der Waals surface area contributed by atoms with Gasteiger partial charge in [-0.25, -0.2) is 0 Å². The summed E-state index contributed by atoms with van der Waals surface area (Å²) in [6, 6.07) is 0. The number of hydrogen-bond acceptors (Lipinski definition) is 2. The van der Waals surface area contributed by atoms with Gasteiger partial charge in [-0.15, -0.1) is 0 Å². The number of rotatable bonds is 2. The first-order valence-corrected chi connectivity index (χ1v) is 6.72. The molecule has 1 aliphatic heterocycles. The van der Waals surface area contributed by atoms with Crippen molar-refractivity contribution in [2.75, 3.05) is 13.1 Å². The highest BCUT2D eigenvalue weighted by atomic mass is 16.2. The molecule has 0 aromatic rings. The van der Waals surface area contributed by atoms with Crippen LogP contribution in [0.15, 0.2) is 0 Å². The zero-order valence-corrected chi connectivity index (χ0v) is 10.3. The fourth-order valence-electron chi connectivity index (χ4n) is 2.93. The second-order valence-electron chi connectivity index (χ2n) is 5.65. The quantitative estimate of drug-likeness (QED) is 0.751. The maximum absolute atomic E-state index is 12.1. The van der Waals surface area contributed by atoms with Gasteiger partial charge in [0.15, 0.2) is 0 Å². The molecule has 0 aromatic heterocycles. The first kappa shape index (κ1) is 11.9. The molecule has 0 bridgehead atoms. The van der Waals surface area contributed by atoms with Crippen LogP contribution in [0.2, 0.25) is 0 Å². The monoisotopic (exact) mass is 224 g/mol. The fourth-order valence-corrected chi connectivity index (χ4v) is 2.93. The molecular formula is C13H24N2O. The van der Waals surface area contributed by atoms with E-state index in [0.29, 0.717) is 0 Å². The summed E-state index contributed by atoms with van der Waals surface area (Å²) < 4.78 is 0. The number of amides is 1. The van der Waals surface area contributed by atoms with E-state index in [0.717, 1.165) is 38.8 Å². The summed E-state index contributed by atoms with van der Waals surface area (Å²) in [5.74, 6) is 0.476. The smallest absolute Gasteiger partial charge is 0.224 e. The van der Waals surface area contributed by atoms with E-state index in [-0.39, 0.29) is 17.4 Å². The molecule has 3 nitrogen and oxygen atoms in total. The fraction of sp³-hybridized carbons (Fsp3) is 0.923. The maximum Gasteiger partial charge on any atom is 0.224 e. The van der Waals surface area contributed by atoms with Gasteiger partial charge in [0.25, 0.3) is 0 Å². The average molecular weight is 224 g/mol. The number of hydrogen-bond donors (Lipinski definition) is 2. The molecule has 0 aromatic carbocycles. The van der Waals surface area contributed by atoms with Gasteiger partial charge in [0.1, 0.15) is 0 Å². The van der Waals surface area contributed by atoms with Crippen molar-refractivity contribution < 1.29 is 4.79 Å². The van der Waals surface area contributed by atoms with Crippen LogP contribution in [0.3, 0.4) is 0 Å². The predicted octanol–water partition coefficient (Wildman–Crippen LogP) is 1.82. The van der Waals surface area contributed by atoms with Gasteiger partial charge in [-0.05, 0) is 39.2 Å². The van der Waals surface area contributed by atoms with Crippen LogP contribution in [0.5, 0.6) is 0 Å². The Morgan fingerprint density at radius 1 is 1.25 bits per heavy atom. The number of carbonyl (C=O) groups excluding carboxylic acids is 1. The Labute approximate surface area is 98.4 Å². The lowest BCUT2D eigenvalue weighted by Gasteiger charge is -2.36. The molecule has 2 fully saturated rings. The molecule has 1 heterocycles. The highest BCUT2D eigenvalue weighted by Crippen LogP contribution is 2.28. The molecular weight excluding hydrogens is 200 g/mol. The summed E-state index contributed by atoms with van der Waals surface area (Å²) in [7, 11) is 0. The highest BCUT2D eigenvalue weighted by Gasteiger charge is 2.31. The molecule has 3 heteroatoms. The topological polar surface area (TPSA) is 41.1 Å². The van der Waals surface area contributed by atoms with E-state index in [2.05, 4.69) is 17.6 Å². The van der Waals surface area contributed by atoms with Crippen LogP contribution in [0.4, 0.5) is 0 Å². The zero-order chi connectivity index (χ0) is 11.4. The molecule has 1 saturated heterocycles. The van der Waals surface area contributed by atoms with Crippen LogP contribution >= 0.6 is 0 Å². The van der Waals surface area contributed by atoms with Crippen molar-refractivity contribution in [2.45, 2.75) is 57.4 Å². The van der Waals surface area contributed by atoms with Crippen molar-refractivity contribution in [1.82, 2.24) is 10.6 Å². The SMILES string of the molecule is CC1(NC(=O)[C@H]2CCCNC2)CCCCC1. The van der Waals surface area contributed by atoms with Crippen LogP contribution in [-0.4, -0.2) is 24.5 Å². The van der Waals surface area contributed by atoms with Gasteiger partial charge in [0.2, 0.25) is 5.91 Å². The molecule has 0 unspecified atom stereocenters. The van der Waals surface area contributed by atoms with Crippen molar-refractivity contribution in [1.29, 1.82) is 0 Å². The predicted molar refractivity (Wildman–Crippen MR) is 65.2 cm³/mol. The Bertz CT molecular complexity index is 240. The number of piperidine rings is 1. The van der Waals surface area contributed by atoms with Crippen LogP contribution < -0.4 is 10.6 Å². The Kier molecular flexibility index (Phi) is 3.85. The largest absolute Gasteiger partial charge is 0.351 e. The van der Waals surface area contributed by atoms with Gasteiger partial charge < -0.3 is 10.6 Å². The Morgan fingerprint density at radius 2 is 2.00 bits per heavy atom. The van der Waals surface area contributed by atoms with E-state index in [1.165, 1.54) is 19.3 Å². The summed E-state index contributed by atoms with van der Waals surface area (Å²) in [6.07, 6.45) is 8.34. The second kappa shape index (κ2) is 5.17.